The van der Waals surface area contributed by atoms with Crippen molar-refractivity contribution in [3.63, 3.8) is 0 Å². The van der Waals surface area contributed by atoms with E-state index in [9.17, 15) is 0 Å². The van der Waals surface area contributed by atoms with Gasteiger partial charge in [0.25, 0.3) is 0 Å². The highest BCUT2D eigenvalue weighted by molar-refractivity contribution is 5.70. The zero-order chi connectivity index (χ0) is 13.2. The van der Waals surface area contributed by atoms with Gasteiger partial charge in [0, 0.05) is 12.6 Å². The summed E-state index contributed by atoms with van der Waals surface area (Å²) in [7, 11) is 0. The summed E-state index contributed by atoms with van der Waals surface area (Å²) in [5, 5.41) is 0. The minimum Gasteiger partial charge on any atom is -0.341 e. The summed E-state index contributed by atoms with van der Waals surface area (Å²) in [5.74, 6) is 1.01. The van der Waals surface area contributed by atoms with Crippen LogP contribution in [0.4, 0.5) is 0 Å². The molecule has 0 aliphatic rings. The molecule has 0 amide bonds. The Kier molecular flexibility index (Phi) is 3.03. The maximum atomic E-state index is 4.53. The molecule has 0 aliphatic carbocycles. The van der Waals surface area contributed by atoms with Gasteiger partial charge in [-0.2, -0.15) is 0 Å². The quantitative estimate of drug-likeness (QED) is 0.775. The molecule has 3 nitrogen and oxygen atoms in total. The van der Waals surface area contributed by atoms with Gasteiger partial charge < -0.3 is 4.98 Å². The minimum absolute atomic E-state index is 0.811. The number of benzene rings is 1. The van der Waals surface area contributed by atoms with Gasteiger partial charge >= 0.3 is 0 Å². The van der Waals surface area contributed by atoms with Crippen molar-refractivity contribution in [2.45, 2.75) is 26.7 Å². The number of hydrogen-bond donors (Lipinski definition) is 1. The predicted molar refractivity (Wildman–Crippen MR) is 77.2 cm³/mol. The average molecular weight is 251 g/mol. The topological polar surface area (TPSA) is 41.6 Å². The van der Waals surface area contributed by atoms with Gasteiger partial charge in [0.2, 0.25) is 0 Å². The normalized spacial score (nSPS) is 11.1. The van der Waals surface area contributed by atoms with Gasteiger partial charge in [0.15, 0.2) is 5.65 Å². The number of aromatic amines is 1. The number of imidazole rings is 1. The van der Waals surface area contributed by atoms with Crippen molar-refractivity contribution >= 4 is 11.2 Å². The van der Waals surface area contributed by atoms with E-state index in [1.165, 1.54) is 11.1 Å². The Morgan fingerprint density at radius 1 is 1.11 bits per heavy atom. The third-order valence-corrected chi connectivity index (χ3v) is 3.42. The highest BCUT2D eigenvalue weighted by Gasteiger charge is 2.05. The molecule has 2 heterocycles. The van der Waals surface area contributed by atoms with E-state index in [1.807, 2.05) is 13.1 Å². The second-order valence-corrected chi connectivity index (χ2v) is 4.99. The molecule has 3 rings (SSSR count). The van der Waals surface area contributed by atoms with Gasteiger partial charge in [-0.3, -0.25) is 0 Å². The number of rotatable bonds is 3. The van der Waals surface area contributed by atoms with Crippen molar-refractivity contribution in [2.24, 2.45) is 0 Å². The molecular formula is C16H17N3. The molecule has 0 unspecified atom stereocenters. The average Bonchev–Trinajstić information content (AvgIpc) is 2.79. The lowest BCUT2D eigenvalue weighted by molar-refractivity contribution is 0.882. The molecule has 3 aromatic rings. The molecule has 1 N–H and O–H groups in total. The molecule has 0 spiro atoms. The van der Waals surface area contributed by atoms with Crippen molar-refractivity contribution in [3.05, 3.63) is 59.0 Å². The van der Waals surface area contributed by atoms with Crippen molar-refractivity contribution in [1.29, 1.82) is 0 Å². The molecule has 0 radical (unpaired) electrons. The van der Waals surface area contributed by atoms with Crippen LogP contribution in [0.2, 0.25) is 0 Å². The molecule has 96 valence electrons. The standard InChI is InChI=1S/C16H17N3/c1-11-9-14-16(17-10-11)19-15(18-14)8-7-13-6-4-3-5-12(13)2/h3-6,9-10H,7-8H2,1-2H3,(H,17,18,19). The van der Waals surface area contributed by atoms with Crippen molar-refractivity contribution in [2.75, 3.05) is 0 Å². The second-order valence-electron chi connectivity index (χ2n) is 4.99. The summed E-state index contributed by atoms with van der Waals surface area (Å²) in [6.07, 6.45) is 3.78. The fraction of sp³-hybridized carbons (Fsp3) is 0.250. The van der Waals surface area contributed by atoms with Gasteiger partial charge in [-0.05, 0) is 43.0 Å². The highest BCUT2D eigenvalue weighted by Crippen LogP contribution is 2.13. The smallest absolute Gasteiger partial charge is 0.177 e. The third-order valence-electron chi connectivity index (χ3n) is 3.42. The number of H-pyrrole nitrogens is 1. The molecule has 0 saturated carbocycles. The molecule has 0 bridgehead atoms. The lowest BCUT2D eigenvalue weighted by atomic mass is 10.0. The molecule has 0 saturated heterocycles. The van der Waals surface area contributed by atoms with Crippen LogP contribution in [0.25, 0.3) is 11.2 Å². The van der Waals surface area contributed by atoms with E-state index < -0.39 is 0 Å². The molecule has 0 fully saturated rings. The van der Waals surface area contributed by atoms with Gasteiger partial charge in [-0.25, -0.2) is 9.97 Å². The Morgan fingerprint density at radius 2 is 1.95 bits per heavy atom. The summed E-state index contributed by atoms with van der Waals surface area (Å²) in [4.78, 5) is 12.2. The number of nitrogens with zero attached hydrogens (tertiary/aromatic N) is 2. The molecule has 1 aromatic carbocycles. The zero-order valence-corrected chi connectivity index (χ0v) is 11.3. The zero-order valence-electron chi connectivity index (χ0n) is 11.3. The van der Waals surface area contributed by atoms with Crippen LogP contribution in [0.15, 0.2) is 36.5 Å². The first-order valence-corrected chi connectivity index (χ1v) is 6.58. The van der Waals surface area contributed by atoms with E-state index >= 15 is 0 Å². The lowest BCUT2D eigenvalue weighted by Gasteiger charge is -2.03. The Hall–Kier alpha value is -2.16. The SMILES string of the molecule is Cc1cnc2nc(CCc3ccccc3C)[nH]c2c1. The summed E-state index contributed by atoms with van der Waals surface area (Å²) < 4.78 is 0. The monoisotopic (exact) mass is 251 g/mol. The number of nitrogens with one attached hydrogen (secondary N) is 1. The summed E-state index contributed by atoms with van der Waals surface area (Å²) in [5.41, 5.74) is 5.71. The number of fused-ring (bicyclic) bond motifs is 1. The second kappa shape index (κ2) is 4.84. The summed E-state index contributed by atoms with van der Waals surface area (Å²) in [6.45, 7) is 4.19. The van der Waals surface area contributed by atoms with Crippen LogP contribution in [0.3, 0.4) is 0 Å². The third kappa shape index (κ3) is 2.50. The van der Waals surface area contributed by atoms with E-state index in [4.69, 9.17) is 0 Å². The summed E-state index contributed by atoms with van der Waals surface area (Å²) >= 11 is 0. The number of aryl methyl sites for hydroxylation is 4. The Balaban J connectivity index is 1.80. The highest BCUT2D eigenvalue weighted by atomic mass is 15.0. The van der Waals surface area contributed by atoms with E-state index in [-0.39, 0.29) is 0 Å². The Labute approximate surface area is 112 Å². The molecule has 19 heavy (non-hydrogen) atoms. The molecule has 2 aromatic heterocycles. The number of hydrogen-bond acceptors (Lipinski definition) is 2. The first-order valence-electron chi connectivity index (χ1n) is 6.58. The van der Waals surface area contributed by atoms with Gasteiger partial charge in [-0.15, -0.1) is 0 Å². The molecule has 0 atom stereocenters. The molecule has 3 heteroatoms. The maximum absolute atomic E-state index is 4.53. The number of pyridine rings is 1. The van der Waals surface area contributed by atoms with Crippen molar-refractivity contribution in [3.8, 4) is 0 Å². The molecule has 0 aliphatic heterocycles. The van der Waals surface area contributed by atoms with Crippen LogP contribution in [0, 0.1) is 13.8 Å². The van der Waals surface area contributed by atoms with E-state index in [0.29, 0.717) is 0 Å². The van der Waals surface area contributed by atoms with Crippen LogP contribution < -0.4 is 0 Å². The van der Waals surface area contributed by atoms with E-state index in [0.717, 1.165) is 35.4 Å². The van der Waals surface area contributed by atoms with E-state index in [2.05, 4.69) is 52.2 Å². The molecular weight excluding hydrogens is 234 g/mol. The van der Waals surface area contributed by atoms with Crippen molar-refractivity contribution in [1.82, 2.24) is 15.0 Å². The fourth-order valence-electron chi connectivity index (χ4n) is 2.32. The van der Waals surface area contributed by atoms with Gasteiger partial charge in [0.05, 0.1) is 5.52 Å². The fourth-order valence-corrected chi connectivity index (χ4v) is 2.32. The van der Waals surface area contributed by atoms with Crippen LogP contribution in [-0.2, 0) is 12.8 Å². The Bertz CT molecular complexity index is 713. The number of aromatic nitrogens is 3. The Morgan fingerprint density at radius 3 is 2.79 bits per heavy atom. The minimum atomic E-state index is 0.811. The summed E-state index contributed by atoms with van der Waals surface area (Å²) in [6, 6.07) is 10.6. The first-order chi connectivity index (χ1) is 9.22. The first kappa shape index (κ1) is 11.9. The van der Waals surface area contributed by atoms with Gasteiger partial charge in [0.1, 0.15) is 5.82 Å². The van der Waals surface area contributed by atoms with E-state index in [1.54, 1.807) is 0 Å². The predicted octanol–water partition coefficient (Wildman–Crippen LogP) is 3.36. The van der Waals surface area contributed by atoms with Crippen molar-refractivity contribution < 1.29 is 0 Å². The van der Waals surface area contributed by atoms with Crippen LogP contribution in [0.1, 0.15) is 22.5 Å². The van der Waals surface area contributed by atoms with Crippen LogP contribution >= 0.6 is 0 Å². The largest absolute Gasteiger partial charge is 0.341 e. The lowest BCUT2D eigenvalue weighted by Crippen LogP contribution is -1.95. The van der Waals surface area contributed by atoms with Crippen LogP contribution in [0.5, 0.6) is 0 Å². The van der Waals surface area contributed by atoms with Gasteiger partial charge in [-0.1, -0.05) is 24.3 Å². The maximum Gasteiger partial charge on any atom is 0.177 e. The van der Waals surface area contributed by atoms with Crippen LogP contribution in [-0.4, -0.2) is 15.0 Å².